The van der Waals surface area contributed by atoms with Crippen molar-refractivity contribution >= 4 is 40.8 Å². The zero-order valence-corrected chi connectivity index (χ0v) is 19.9. The Hall–Kier alpha value is -4.19. The van der Waals surface area contributed by atoms with Crippen LogP contribution in [0.4, 0.5) is 33.6 Å². The number of anilines is 5. The molecule has 6 N–H and O–H groups in total. The number of methoxy groups -OCH3 is 1. The molecule has 0 bridgehead atoms. The molecule has 1 saturated heterocycles. The molecule has 1 aromatic carbocycles. The SMILES string of the molecule is COC(=O)Nc1cc(Nc2nc(Nc3cc(C)[nH]n3)cnc2C(=O)NCC2CCCN2)ccc1C. The third-order valence-electron chi connectivity index (χ3n) is 5.54. The Balaban J connectivity index is 1.59. The number of aromatic nitrogens is 4. The number of H-pyrrole nitrogens is 1. The second-order valence-corrected chi connectivity index (χ2v) is 8.29. The number of carbonyl (C=O) groups is 2. The smallest absolute Gasteiger partial charge is 0.411 e. The number of benzene rings is 1. The first-order valence-corrected chi connectivity index (χ1v) is 11.3. The summed E-state index contributed by atoms with van der Waals surface area (Å²) in [5.74, 6) is 0.906. The highest BCUT2D eigenvalue weighted by Gasteiger charge is 2.20. The zero-order chi connectivity index (χ0) is 24.8. The first-order valence-electron chi connectivity index (χ1n) is 11.3. The molecule has 1 aliphatic rings. The van der Waals surface area contributed by atoms with Gasteiger partial charge in [0.05, 0.1) is 13.3 Å². The van der Waals surface area contributed by atoms with Crippen molar-refractivity contribution in [3.63, 3.8) is 0 Å². The van der Waals surface area contributed by atoms with Crippen molar-refractivity contribution in [2.45, 2.75) is 32.7 Å². The van der Waals surface area contributed by atoms with Crippen molar-refractivity contribution in [1.82, 2.24) is 30.8 Å². The van der Waals surface area contributed by atoms with E-state index in [1.54, 1.807) is 6.07 Å². The maximum absolute atomic E-state index is 13.0. The van der Waals surface area contributed by atoms with E-state index in [9.17, 15) is 9.59 Å². The van der Waals surface area contributed by atoms with Gasteiger partial charge in [0.25, 0.3) is 5.91 Å². The minimum Gasteiger partial charge on any atom is -0.453 e. The average Bonchev–Trinajstić information content (AvgIpc) is 3.51. The summed E-state index contributed by atoms with van der Waals surface area (Å²) in [5.41, 5.74) is 3.05. The van der Waals surface area contributed by atoms with Crippen molar-refractivity contribution in [1.29, 1.82) is 0 Å². The fourth-order valence-electron chi connectivity index (χ4n) is 3.68. The maximum Gasteiger partial charge on any atom is 0.411 e. The van der Waals surface area contributed by atoms with E-state index in [0.29, 0.717) is 29.6 Å². The molecule has 4 rings (SSSR count). The molecule has 3 heterocycles. The number of hydrogen-bond donors (Lipinski definition) is 6. The molecule has 2 aromatic heterocycles. The minimum absolute atomic E-state index is 0.148. The molecule has 1 fully saturated rings. The molecular formula is C23H29N9O3. The fourth-order valence-corrected chi connectivity index (χ4v) is 3.68. The van der Waals surface area contributed by atoms with E-state index in [0.717, 1.165) is 30.6 Å². The van der Waals surface area contributed by atoms with Gasteiger partial charge < -0.3 is 26.0 Å². The Bertz CT molecular complexity index is 1200. The van der Waals surface area contributed by atoms with E-state index < -0.39 is 6.09 Å². The molecule has 12 heteroatoms. The summed E-state index contributed by atoms with van der Waals surface area (Å²) in [6.45, 7) is 5.21. The van der Waals surface area contributed by atoms with E-state index in [4.69, 9.17) is 4.74 Å². The number of hydrogen-bond acceptors (Lipinski definition) is 9. The normalized spacial score (nSPS) is 14.9. The Morgan fingerprint density at radius 2 is 2.03 bits per heavy atom. The molecule has 12 nitrogen and oxygen atoms in total. The lowest BCUT2D eigenvalue weighted by Gasteiger charge is -2.15. The Kier molecular flexibility index (Phi) is 7.41. The molecule has 35 heavy (non-hydrogen) atoms. The van der Waals surface area contributed by atoms with Crippen LogP contribution in [0.2, 0.25) is 0 Å². The number of ether oxygens (including phenoxy) is 1. The van der Waals surface area contributed by atoms with Crippen molar-refractivity contribution in [3.05, 3.63) is 47.4 Å². The van der Waals surface area contributed by atoms with Gasteiger partial charge in [-0.25, -0.2) is 14.8 Å². The average molecular weight is 480 g/mol. The molecule has 0 saturated carbocycles. The van der Waals surface area contributed by atoms with Crippen LogP contribution in [0.3, 0.4) is 0 Å². The Labute approximate surface area is 202 Å². The van der Waals surface area contributed by atoms with Crippen LogP contribution >= 0.6 is 0 Å². The van der Waals surface area contributed by atoms with Gasteiger partial charge in [-0.05, 0) is 50.9 Å². The Morgan fingerprint density at radius 3 is 2.74 bits per heavy atom. The third kappa shape index (κ3) is 6.23. The van der Waals surface area contributed by atoms with Gasteiger partial charge in [-0.1, -0.05) is 6.07 Å². The van der Waals surface area contributed by atoms with Gasteiger partial charge in [-0.3, -0.25) is 15.2 Å². The van der Waals surface area contributed by atoms with Gasteiger partial charge >= 0.3 is 6.09 Å². The van der Waals surface area contributed by atoms with Gasteiger partial charge in [-0.2, -0.15) is 5.10 Å². The Morgan fingerprint density at radius 1 is 1.17 bits per heavy atom. The van der Waals surface area contributed by atoms with Gasteiger partial charge in [0, 0.05) is 35.7 Å². The topological polar surface area (TPSA) is 158 Å². The van der Waals surface area contributed by atoms with E-state index in [1.807, 2.05) is 32.0 Å². The highest BCUT2D eigenvalue weighted by atomic mass is 16.5. The number of aryl methyl sites for hydroxylation is 2. The number of amides is 2. The summed E-state index contributed by atoms with van der Waals surface area (Å²) in [5, 5.41) is 22.2. The lowest BCUT2D eigenvalue weighted by Crippen LogP contribution is -2.37. The van der Waals surface area contributed by atoms with Crippen LogP contribution in [0.25, 0.3) is 0 Å². The van der Waals surface area contributed by atoms with Crippen LogP contribution in [0.1, 0.15) is 34.6 Å². The molecule has 3 aromatic rings. The summed E-state index contributed by atoms with van der Waals surface area (Å²) in [7, 11) is 1.30. The van der Waals surface area contributed by atoms with E-state index in [-0.39, 0.29) is 23.5 Å². The van der Waals surface area contributed by atoms with Crippen LogP contribution < -0.4 is 26.6 Å². The van der Waals surface area contributed by atoms with Crippen LogP contribution in [-0.2, 0) is 4.74 Å². The number of aromatic amines is 1. The lowest BCUT2D eigenvalue weighted by molar-refractivity contribution is 0.0946. The van der Waals surface area contributed by atoms with E-state index in [1.165, 1.54) is 13.3 Å². The number of nitrogens with one attached hydrogen (secondary N) is 6. The fraction of sp³-hybridized carbons (Fsp3) is 0.348. The summed E-state index contributed by atoms with van der Waals surface area (Å²) in [6, 6.07) is 7.46. The molecule has 1 atom stereocenters. The number of carbonyl (C=O) groups excluding carboxylic acids is 2. The minimum atomic E-state index is -0.578. The zero-order valence-electron chi connectivity index (χ0n) is 19.9. The van der Waals surface area contributed by atoms with Crippen LogP contribution in [0, 0.1) is 13.8 Å². The third-order valence-corrected chi connectivity index (χ3v) is 5.54. The lowest BCUT2D eigenvalue weighted by atomic mass is 10.1. The van der Waals surface area contributed by atoms with Crippen molar-refractivity contribution in [3.8, 4) is 0 Å². The number of nitrogens with zero attached hydrogens (tertiary/aromatic N) is 3. The standard InChI is InChI=1S/C23H29N9O3/c1-13-6-7-15(10-17(13)28-23(34)35-3)27-21-20(22(33)26-11-16-5-4-8-24-16)25-12-19(30-21)29-18-9-14(2)31-32-18/h6-7,9-10,12,16,24H,4-5,8,11H2,1-3H3,(H,26,33)(H,28,34)(H3,27,29,30,31,32). The summed E-state index contributed by atoms with van der Waals surface area (Å²) in [6.07, 6.45) is 3.01. The van der Waals surface area contributed by atoms with Crippen LogP contribution in [0.5, 0.6) is 0 Å². The molecule has 1 aliphatic heterocycles. The predicted molar refractivity (Wildman–Crippen MR) is 132 cm³/mol. The van der Waals surface area contributed by atoms with E-state index in [2.05, 4.69) is 46.7 Å². The predicted octanol–water partition coefficient (Wildman–Crippen LogP) is 2.96. The second-order valence-electron chi connectivity index (χ2n) is 8.29. The van der Waals surface area contributed by atoms with Gasteiger partial charge in [0.2, 0.25) is 0 Å². The van der Waals surface area contributed by atoms with Crippen LogP contribution in [-0.4, -0.2) is 58.4 Å². The van der Waals surface area contributed by atoms with Crippen LogP contribution in [0.15, 0.2) is 30.5 Å². The largest absolute Gasteiger partial charge is 0.453 e. The highest BCUT2D eigenvalue weighted by molar-refractivity contribution is 5.98. The molecule has 184 valence electrons. The van der Waals surface area contributed by atoms with Gasteiger partial charge in [0.15, 0.2) is 23.1 Å². The molecule has 2 amide bonds. The summed E-state index contributed by atoms with van der Waals surface area (Å²) < 4.78 is 4.69. The maximum atomic E-state index is 13.0. The molecule has 0 aliphatic carbocycles. The molecular weight excluding hydrogens is 450 g/mol. The quantitative estimate of drug-likeness (QED) is 0.286. The first-order chi connectivity index (χ1) is 16.9. The molecule has 0 radical (unpaired) electrons. The monoisotopic (exact) mass is 479 g/mol. The summed E-state index contributed by atoms with van der Waals surface area (Å²) >= 11 is 0. The van der Waals surface area contributed by atoms with Crippen molar-refractivity contribution in [2.24, 2.45) is 0 Å². The summed E-state index contributed by atoms with van der Waals surface area (Å²) in [4.78, 5) is 33.6. The van der Waals surface area contributed by atoms with Crippen molar-refractivity contribution < 1.29 is 14.3 Å². The van der Waals surface area contributed by atoms with E-state index >= 15 is 0 Å². The first kappa shape index (κ1) is 24.0. The second kappa shape index (κ2) is 10.8. The molecule has 0 spiro atoms. The molecule has 1 unspecified atom stereocenters. The highest BCUT2D eigenvalue weighted by Crippen LogP contribution is 2.25. The van der Waals surface area contributed by atoms with Crippen molar-refractivity contribution in [2.75, 3.05) is 36.1 Å². The number of rotatable bonds is 8. The van der Waals surface area contributed by atoms with Gasteiger partial charge in [-0.15, -0.1) is 0 Å². The van der Waals surface area contributed by atoms with Gasteiger partial charge in [0.1, 0.15) is 0 Å².